The van der Waals surface area contributed by atoms with Crippen molar-refractivity contribution < 1.29 is 0 Å². The minimum Gasteiger partial charge on any atom is -0.334 e. The monoisotopic (exact) mass is 719 g/mol. The Bertz CT molecular complexity index is 2860. The maximum Gasteiger partial charge on any atom is 0.164 e. The highest BCUT2D eigenvalue weighted by molar-refractivity contribution is 6.10. The molecule has 5 nitrogen and oxygen atoms in total. The van der Waals surface area contributed by atoms with Gasteiger partial charge in [0.1, 0.15) is 0 Å². The second-order valence-electron chi connectivity index (χ2n) is 14.7. The average molecular weight is 720 g/mol. The van der Waals surface area contributed by atoms with Crippen molar-refractivity contribution in [1.29, 1.82) is 0 Å². The maximum absolute atomic E-state index is 4.96. The molecule has 2 atom stereocenters. The molecule has 3 heterocycles. The number of nitrogens with zero attached hydrogens (tertiary/aromatic N) is 5. The third kappa shape index (κ3) is 5.43. The lowest BCUT2D eigenvalue weighted by atomic mass is 9.86. The molecule has 5 heteroatoms. The second-order valence-corrected chi connectivity index (χ2v) is 14.7. The van der Waals surface area contributed by atoms with Crippen LogP contribution in [0.3, 0.4) is 0 Å². The molecule has 56 heavy (non-hydrogen) atoms. The number of para-hydroxylation sites is 2. The Hall–Kier alpha value is -7.11. The molecule has 0 radical (unpaired) electrons. The van der Waals surface area contributed by atoms with Crippen LogP contribution in [0.2, 0.25) is 0 Å². The van der Waals surface area contributed by atoms with Crippen molar-refractivity contribution in [2.75, 3.05) is 4.90 Å². The normalized spacial score (nSPS) is 17.2. The van der Waals surface area contributed by atoms with Crippen molar-refractivity contribution in [1.82, 2.24) is 19.5 Å². The Morgan fingerprint density at radius 2 is 1.14 bits per heavy atom. The zero-order chi connectivity index (χ0) is 37.0. The largest absolute Gasteiger partial charge is 0.334 e. The quantitative estimate of drug-likeness (QED) is 0.172. The van der Waals surface area contributed by atoms with Crippen LogP contribution in [-0.2, 0) is 0 Å². The Labute approximate surface area is 326 Å². The molecule has 8 aromatic rings. The molecule has 6 aromatic carbocycles. The predicted octanol–water partition coefficient (Wildman–Crippen LogP) is 12.1. The Morgan fingerprint density at radius 3 is 1.86 bits per heavy atom. The molecule has 266 valence electrons. The summed E-state index contributed by atoms with van der Waals surface area (Å²) in [6.07, 6.45) is 16.4. The van der Waals surface area contributed by atoms with E-state index in [2.05, 4.69) is 137 Å². The molecule has 2 aromatic heterocycles. The summed E-state index contributed by atoms with van der Waals surface area (Å²) in [5, 5.41) is 2.47. The summed E-state index contributed by atoms with van der Waals surface area (Å²) in [5.74, 6) is 2.28. The molecule has 0 fully saturated rings. The number of hydrogen-bond acceptors (Lipinski definition) is 4. The van der Waals surface area contributed by atoms with Gasteiger partial charge in [-0.25, -0.2) is 15.0 Å². The molecule has 1 aliphatic heterocycles. The zero-order valence-corrected chi connectivity index (χ0v) is 30.7. The van der Waals surface area contributed by atoms with E-state index in [0.29, 0.717) is 23.4 Å². The van der Waals surface area contributed by atoms with Crippen LogP contribution in [0, 0.1) is 0 Å². The van der Waals surface area contributed by atoms with Gasteiger partial charge >= 0.3 is 0 Å². The fourth-order valence-electron chi connectivity index (χ4n) is 8.75. The fraction of sp³-hybridized carbons (Fsp3) is 0.0784. The van der Waals surface area contributed by atoms with Crippen LogP contribution in [0.4, 0.5) is 5.69 Å². The van der Waals surface area contributed by atoms with Crippen molar-refractivity contribution in [2.24, 2.45) is 0 Å². The summed E-state index contributed by atoms with van der Waals surface area (Å²) < 4.78 is 2.37. The Morgan fingerprint density at radius 1 is 0.518 bits per heavy atom. The van der Waals surface area contributed by atoms with Crippen LogP contribution >= 0.6 is 0 Å². The van der Waals surface area contributed by atoms with Gasteiger partial charge in [0.15, 0.2) is 17.5 Å². The number of rotatable bonds is 6. The molecule has 0 saturated carbocycles. The molecule has 2 aliphatic carbocycles. The van der Waals surface area contributed by atoms with Crippen LogP contribution in [0.15, 0.2) is 194 Å². The molecule has 0 amide bonds. The third-order valence-corrected chi connectivity index (χ3v) is 11.4. The average Bonchev–Trinajstić information content (AvgIpc) is 3.79. The summed E-state index contributed by atoms with van der Waals surface area (Å²) in [7, 11) is 0. The minimum absolute atomic E-state index is 0.230. The van der Waals surface area contributed by atoms with E-state index in [4.69, 9.17) is 15.0 Å². The Balaban J connectivity index is 0.975. The summed E-state index contributed by atoms with van der Waals surface area (Å²) in [5.41, 5.74) is 12.8. The number of allylic oxidation sites excluding steroid dienone is 5. The maximum atomic E-state index is 4.96. The van der Waals surface area contributed by atoms with Gasteiger partial charge in [-0.15, -0.1) is 0 Å². The van der Waals surface area contributed by atoms with E-state index >= 15 is 0 Å². The third-order valence-electron chi connectivity index (χ3n) is 11.4. The van der Waals surface area contributed by atoms with Gasteiger partial charge < -0.3 is 9.47 Å². The molecule has 0 N–H and O–H groups in total. The van der Waals surface area contributed by atoms with E-state index in [1.165, 1.54) is 49.9 Å². The van der Waals surface area contributed by atoms with Crippen LogP contribution < -0.4 is 4.90 Å². The SMILES string of the molecule is C1=CC(N2c3ccccc3C3C=CC(c4ccc5c(c4)c4ccccc4n5-c4ccc(-c5nc(-c6ccccc6)nc(-c6ccccc6)n5)cc4)=CC32)=CCC1. The number of benzene rings is 6. The summed E-state index contributed by atoms with van der Waals surface area (Å²) in [4.78, 5) is 17.3. The molecule has 11 rings (SSSR count). The van der Waals surface area contributed by atoms with Crippen LogP contribution in [0.25, 0.3) is 67.2 Å². The molecule has 0 bridgehead atoms. The number of hydrogen-bond donors (Lipinski definition) is 0. The highest BCUT2D eigenvalue weighted by Crippen LogP contribution is 2.48. The molecular formula is C51H37N5. The number of anilines is 1. The van der Waals surface area contributed by atoms with E-state index in [1.807, 2.05) is 60.7 Å². The number of fused-ring (bicyclic) bond motifs is 6. The van der Waals surface area contributed by atoms with Gasteiger partial charge in [-0.1, -0.05) is 134 Å². The second kappa shape index (κ2) is 13.3. The fourth-order valence-corrected chi connectivity index (χ4v) is 8.75. The first-order valence-electron chi connectivity index (χ1n) is 19.4. The Kier molecular flexibility index (Phi) is 7.69. The van der Waals surface area contributed by atoms with Crippen molar-refractivity contribution in [3.05, 3.63) is 205 Å². The molecular weight excluding hydrogens is 683 g/mol. The smallest absolute Gasteiger partial charge is 0.164 e. The van der Waals surface area contributed by atoms with Gasteiger partial charge in [-0.05, 0) is 84.1 Å². The summed E-state index contributed by atoms with van der Waals surface area (Å²) in [6.45, 7) is 0. The lowest BCUT2D eigenvalue weighted by Gasteiger charge is -2.31. The highest BCUT2D eigenvalue weighted by Gasteiger charge is 2.38. The lowest BCUT2D eigenvalue weighted by Crippen LogP contribution is -2.32. The molecule has 0 spiro atoms. The van der Waals surface area contributed by atoms with Crippen molar-refractivity contribution in [3.63, 3.8) is 0 Å². The lowest BCUT2D eigenvalue weighted by molar-refractivity contribution is 0.727. The molecule has 2 unspecified atom stereocenters. The zero-order valence-electron chi connectivity index (χ0n) is 30.7. The first-order valence-corrected chi connectivity index (χ1v) is 19.4. The van der Waals surface area contributed by atoms with E-state index in [0.717, 1.165) is 35.2 Å². The molecule has 3 aliphatic rings. The van der Waals surface area contributed by atoms with Crippen LogP contribution in [0.5, 0.6) is 0 Å². The van der Waals surface area contributed by atoms with Gasteiger partial charge in [0.25, 0.3) is 0 Å². The van der Waals surface area contributed by atoms with Gasteiger partial charge in [-0.2, -0.15) is 0 Å². The van der Waals surface area contributed by atoms with E-state index < -0.39 is 0 Å². The van der Waals surface area contributed by atoms with E-state index in [9.17, 15) is 0 Å². The van der Waals surface area contributed by atoms with Gasteiger partial charge in [0, 0.05) is 50.5 Å². The van der Waals surface area contributed by atoms with Gasteiger partial charge in [0.05, 0.1) is 17.1 Å². The van der Waals surface area contributed by atoms with Crippen molar-refractivity contribution in [3.8, 4) is 39.9 Å². The first-order chi connectivity index (χ1) is 27.8. The van der Waals surface area contributed by atoms with Crippen molar-refractivity contribution in [2.45, 2.75) is 24.8 Å². The highest BCUT2D eigenvalue weighted by atomic mass is 15.2. The summed E-state index contributed by atoms with van der Waals surface area (Å²) >= 11 is 0. The van der Waals surface area contributed by atoms with Gasteiger partial charge in [-0.3, -0.25) is 0 Å². The molecule has 0 saturated heterocycles. The topological polar surface area (TPSA) is 46.8 Å². The number of aromatic nitrogens is 4. The minimum atomic E-state index is 0.230. The van der Waals surface area contributed by atoms with E-state index in [1.54, 1.807) is 0 Å². The van der Waals surface area contributed by atoms with Gasteiger partial charge in [0.2, 0.25) is 0 Å². The predicted molar refractivity (Wildman–Crippen MR) is 229 cm³/mol. The standard InChI is InChI=1S/C51H37N5/c1-4-14-34(15-5-1)49-52-50(35-16-6-2-7-17-35)54-51(53-49)36-24-28-40(29-25-36)55-46-23-13-11-21-42(46)44-32-37(27-31-47(44)55)38-26-30-43-41-20-10-12-22-45(41)56(48(43)33-38)39-18-8-3-9-19-39/h1-2,4-8,10-33,43,48H,3,9H2. The first kappa shape index (κ1) is 32.3. The van der Waals surface area contributed by atoms with E-state index in [-0.39, 0.29) is 6.04 Å². The van der Waals surface area contributed by atoms with Crippen molar-refractivity contribution >= 4 is 33.1 Å². The summed E-state index contributed by atoms with van der Waals surface area (Å²) in [6, 6.07) is 53.7. The van der Waals surface area contributed by atoms with Crippen LogP contribution in [-0.4, -0.2) is 25.6 Å². The van der Waals surface area contributed by atoms with Crippen LogP contribution in [0.1, 0.15) is 29.9 Å².